The molecule has 0 spiro atoms. The van der Waals surface area contributed by atoms with Crippen LogP contribution in [-0.4, -0.2) is 56.6 Å². The Hall–Kier alpha value is -3.07. The molecule has 0 bridgehead atoms. The van der Waals surface area contributed by atoms with Gasteiger partial charge in [0.15, 0.2) is 0 Å². The smallest absolute Gasteiger partial charge is 0.243 e. The molecule has 2 aromatic carbocycles. The van der Waals surface area contributed by atoms with Crippen LogP contribution in [0, 0.1) is 6.92 Å². The number of nitrogens with zero attached hydrogens (tertiary/aromatic N) is 2. The molecular formula is C29H43N3O5S. The highest BCUT2D eigenvalue weighted by Gasteiger charge is 2.29. The van der Waals surface area contributed by atoms with Gasteiger partial charge in [0.1, 0.15) is 11.8 Å². The molecule has 0 saturated heterocycles. The van der Waals surface area contributed by atoms with Crippen LogP contribution in [0.3, 0.4) is 0 Å². The summed E-state index contributed by atoms with van der Waals surface area (Å²) < 4.78 is 31.8. The number of hydrogen-bond acceptors (Lipinski definition) is 5. The summed E-state index contributed by atoms with van der Waals surface area (Å²) in [7, 11) is -3.56. The number of aryl methyl sites for hydroxylation is 1. The average molecular weight is 546 g/mol. The molecule has 38 heavy (non-hydrogen) atoms. The maximum Gasteiger partial charge on any atom is 0.243 e. The molecule has 0 aliphatic heterocycles. The lowest BCUT2D eigenvalue weighted by atomic mass is 10.1. The molecule has 0 unspecified atom stereocenters. The zero-order valence-corrected chi connectivity index (χ0v) is 24.4. The van der Waals surface area contributed by atoms with E-state index in [2.05, 4.69) is 5.32 Å². The van der Waals surface area contributed by atoms with E-state index >= 15 is 0 Å². The molecule has 2 amide bonds. The van der Waals surface area contributed by atoms with Gasteiger partial charge in [0, 0.05) is 25.6 Å². The van der Waals surface area contributed by atoms with Gasteiger partial charge in [0.05, 0.1) is 18.6 Å². The van der Waals surface area contributed by atoms with Gasteiger partial charge in [-0.2, -0.15) is 0 Å². The maximum atomic E-state index is 13.5. The monoisotopic (exact) mass is 545 g/mol. The van der Waals surface area contributed by atoms with Crippen LogP contribution in [0.5, 0.6) is 5.75 Å². The Morgan fingerprint density at radius 1 is 1.03 bits per heavy atom. The summed E-state index contributed by atoms with van der Waals surface area (Å²) >= 11 is 0. The van der Waals surface area contributed by atoms with Crippen molar-refractivity contribution >= 4 is 27.5 Å². The van der Waals surface area contributed by atoms with E-state index < -0.39 is 16.1 Å². The Kier molecular flexibility index (Phi) is 12.1. The minimum absolute atomic E-state index is 0.00454. The topological polar surface area (TPSA) is 96.0 Å². The van der Waals surface area contributed by atoms with Crippen molar-refractivity contribution in [3.8, 4) is 5.75 Å². The molecule has 2 aromatic rings. The minimum Gasteiger partial charge on any atom is -0.494 e. The Morgan fingerprint density at radius 2 is 1.71 bits per heavy atom. The first kappa shape index (κ1) is 31.1. The van der Waals surface area contributed by atoms with Crippen LogP contribution in [0.15, 0.2) is 48.5 Å². The molecule has 0 aliphatic rings. The highest BCUT2D eigenvalue weighted by Crippen LogP contribution is 2.23. The van der Waals surface area contributed by atoms with E-state index in [0.717, 1.165) is 23.8 Å². The fourth-order valence-electron chi connectivity index (χ4n) is 4.25. The van der Waals surface area contributed by atoms with E-state index in [0.29, 0.717) is 37.4 Å². The highest BCUT2D eigenvalue weighted by molar-refractivity contribution is 7.92. The van der Waals surface area contributed by atoms with E-state index in [1.165, 1.54) is 4.31 Å². The van der Waals surface area contributed by atoms with Crippen molar-refractivity contribution in [1.29, 1.82) is 0 Å². The lowest BCUT2D eigenvalue weighted by molar-refractivity contribution is -0.141. The van der Waals surface area contributed by atoms with E-state index in [-0.39, 0.29) is 30.8 Å². The second kappa shape index (κ2) is 14.8. The summed E-state index contributed by atoms with van der Waals surface area (Å²) in [4.78, 5) is 28.3. The third-order valence-corrected chi connectivity index (χ3v) is 7.60. The molecule has 210 valence electrons. The fourth-order valence-corrected chi connectivity index (χ4v) is 5.21. The van der Waals surface area contributed by atoms with Crippen LogP contribution in [0.2, 0.25) is 0 Å². The zero-order chi connectivity index (χ0) is 28.3. The SMILES string of the molecule is CCOc1ccc(N(CCCC(=O)N(Cc2cccc(C)c2)[C@@H](CC)C(=O)N[C@@H](C)CC)S(C)(=O)=O)cc1. The number of amides is 2. The Labute approximate surface area is 228 Å². The number of anilines is 1. The van der Waals surface area contributed by atoms with E-state index in [9.17, 15) is 18.0 Å². The van der Waals surface area contributed by atoms with E-state index in [4.69, 9.17) is 4.74 Å². The number of nitrogens with one attached hydrogen (secondary N) is 1. The molecule has 0 heterocycles. The van der Waals surface area contributed by atoms with Gasteiger partial charge < -0.3 is 15.0 Å². The number of carbonyl (C=O) groups excluding carboxylic acids is 2. The van der Waals surface area contributed by atoms with Crippen LogP contribution < -0.4 is 14.4 Å². The predicted octanol–water partition coefficient (Wildman–Crippen LogP) is 4.66. The fraction of sp³-hybridized carbons (Fsp3) is 0.517. The van der Waals surface area contributed by atoms with Crippen molar-refractivity contribution in [3.63, 3.8) is 0 Å². The van der Waals surface area contributed by atoms with Crippen LogP contribution >= 0.6 is 0 Å². The molecular weight excluding hydrogens is 502 g/mol. The average Bonchev–Trinajstić information content (AvgIpc) is 2.86. The lowest BCUT2D eigenvalue weighted by Crippen LogP contribution is -2.50. The summed E-state index contributed by atoms with van der Waals surface area (Å²) in [5.41, 5.74) is 2.53. The number of benzene rings is 2. The van der Waals surface area contributed by atoms with Crippen molar-refractivity contribution in [1.82, 2.24) is 10.2 Å². The van der Waals surface area contributed by atoms with Gasteiger partial charge in [0.2, 0.25) is 21.8 Å². The third kappa shape index (κ3) is 9.35. The summed E-state index contributed by atoms with van der Waals surface area (Å²) in [6.45, 7) is 10.7. The summed E-state index contributed by atoms with van der Waals surface area (Å²) in [6.07, 6.45) is 2.85. The molecule has 8 nitrogen and oxygen atoms in total. The maximum absolute atomic E-state index is 13.5. The summed E-state index contributed by atoms with van der Waals surface area (Å²) in [5.74, 6) is 0.306. The van der Waals surface area contributed by atoms with Crippen LogP contribution in [0.4, 0.5) is 5.69 Å². The molecule has 0 radical (unpaired) electrons. The largest absolute Gasteiger partial charge is 0.494 e. The molecule has 0 saturated carbocycles. The molecule has 2 rings (SSSR count). The molecule has 9 heteroatoms. The molecule has 0 fully saturated rings. The van der Waals surface area contributed by atoms with Crippen molar-refractivity contribution in [2.24, 2.45) is 0 Å². The second-order valence-corrected chi connectivity index (χ2v) is 11.5. The molecule has 1 N–H and O–H groups in total. The van der Waals surface area contributed by atoms with Crippen molar-refractivity contribution < 1.29 is 22.7 Å². The van der Waals surface area contributed by atoms with Crippen molar-refractivity contribution in [2.75, 3.05) is 23.7 Å². The lowest BCUT2D eigenvalue weighted by Gasteiger charge is -2.32. The standard InChI is InChI=1S/C29H43N3O5S/c1-7-23(5)30-29(34)27(8-2)31(21-24-13-10-12-22(4)20-24)28(33)14-11-19-32(38(6,35)36)25-15-17-26(18-16-25)37-9-3/h10,12-13,15-18,20,23,27H,7-9,11,14,19,21H2,1-6H3,(H,30,34)/t23-,27-/m0/s1. The Bertz CT molecular complexity index is 1150. The molecule has 2 atom stereocenters. The number of sulfonamides is 1. The van der Waals surface area contributed by atoms with Crippen LogP contribution in [0.1, 0.15) is 64.5 Å². The van der Waals surface area contributed by atoms with Gasteiger partial charge in [-0.25, -0.2) is 8.42 Å². The van der Waals surface area contributed by atoms with E-state index in [1.54, 1.807) is 29.2 Å². The number of hydrogen-bond donors (Lipinski definition) is 1. The number of ether oxygens (including phenoxy) is 1. The Morgan fingerprint density at radius 3 is 2.26 bits per heavy atom. The minimum atomic E-state index is -3.56. The first-order valence-electron chi connectivity index (χ1n) is 13.4. The van der Waals surface area contributed by atoms with Crippen LogP contribution in [-0.2, 0) is 26.2 Å². The van der Waals surface area contributed by atoms with Gasteiger partial charge >= 0.3 is 0 Å². The molecule has 0 aliphatic carbocycles. The molecule has 0 aromatic heterocycles. The highest BCUT2D eigenvalue weighted by atomic mass is 32.2. The van der Waals surface area contributed by atoms with Gasteiger partial charge in [-0.15, -0.1) is 0 Å². The van der Waals surface area contributed by atoms with Crippen molar-refractivity contribution in [2.45, 2.75) is 78.9 Å². The number of rotatable bonds is 15. The normalized spacial score (nSPS) is 12.9. The third-order valence-electron chi connectivity index (χ3n) is 6.41. The van der Waals surface area contributed by atoms with Crippen LogP contribution in [0.25, 0.3) is 0 Å². The van der Waals surface area contributed by atoms with E-state index in [1.807, 2.05) is 58.9 Å². The summed E-state index contributed by atoms with van der Waals surface area (Å²) in [5, 5.41) is 3.01. The predicted molar refractivity (Wildman–Crippen MR) is 153 cm³/mol. The van der Waals surface area contributed by atoms with Gasteiger partial charge in [-0.3, -0.25) is 13.9 Å². The van der Waals surface area contributed by atoms with Gasteiger partial charge in [0.25, 0.3) is 0 Å². The quantitative estimate of drug-likeness (QED) is 0.351. The second-order valence-electron chi connectivity index (χ2n) is 9.62. The van der Waals surface area contributed by atoms with Gasteiger partial charge in [-0.05, 0) is 69.9 Å². The first-order valence-corrected chi connectivity index (χ1v) is 15.2. The van der Waals surface area contributed by atoms with Crippen molar-refractivity contribution in [3.05, 3.63) is 59.7 Å². The summed E-state index contributed by atoms with van der Waals surface area (Å²) in [6, 6.07) is 14.1. The Balaban J connectivity index is 2.21. The first-order chi connectivity index (χ1) is 18.0. The zero-order valence-electron chi connectivity index (χ0n) is 23.6. The number of carbonyl (C=O) groups is 2. The van der Waals surface area contributed by atoms with Gasteiger partial charge in [-0.1, -0.05) is 43.7 Å².